The Morgan fingerprint density at radius 1 is 0.960 bits per heavy atom. The van der Waals surface area contributed by atoms with Gasteiger partial charge in [0.05, 0.1) is 17.4 Å². The van der Waals surface area contributed by atoms with E-state index in [4.69, 9.17) is 0 Å². The summed E-state index contributed by atoms with van der Waals surface area (Å²) in [4.78, 5) is 8.51. The van der Waals surface area contributed by atoms with Gasteiger partial charge < -0.3 is 9.88 Å². The van der Waals surface area contributed by atoms with Crippen molar-refractivity contribution in [1.29, 1.82) is 0 Å². The molecule has 126 valence electrons. The van der Waals surface area contributed by atoms with E-state index in [9.17, 15) is 0 Å². The van der Waals surface area contributed by atoms with Gasteiger partial charge >= 0.3 is 0 Å². The topological polar surface area (TPSA) is 47.7 Å². The largest absolute Gasteiger partial charge is 0.337 e. The molecule has 4 rings (SSSR count). The van der Waals surface area contributed by atoms with E-state index >= 15 is 0 Å². The summed E-state index contributed by atoms with van der Waals surface area (Å²) in [5.74, 6) is 0. The van der Waals surface area contributed by atoms with Crippen LogP contribution in [-0.2, 0) is 13.1 Å². The van der Waals surface area contributed by atoms with Crippen molar-refractivity contribution in [3.63, 3.8) is 0 Å². The monoisotopic (exact) mass is 331 g/mol. The number of para-hydroxylation sites is 2. The number of hydrogen-bond acceptors (Lipinski definition) is 3. The van der Waals surface area contributed by atoms with Crippen LogP contribution < -0.4 is 5.32 Å². The Bertz CT molecular complexity index is 922. The summed E-state index contributed by atoms with van der Waals surface area (Å²) < 4.78 is 4.23. The second kappa shape index (κ2) is 7.32. The molecule has 2 aromatic carbocycles. The lowest BCUT2D eigenvalue weighted by atomic mass is 10.2. The Kier molecular flexibility index (Phi) is 4.57. The second-order valence-electron chi connectivity index (χ2n) is 6.10. The molecule has 0 amide bonds. The average molecular weight is 331 g/mol. The third-order valence-corrected chi connectivity index (χ3v) is 4.33. The second-order valence-corrected chi connectivity index (χ2v) is 6.10. The zero-order valence-corrected chi connectivity index (χ0v) is 14.0. The van der Waals surface area contributed by atoms with Crippen LogP contribution in [0.25, 0.3) is 16.7 Å². The zero-order chi connectivity index (χ0) is 16.9. The first-order valence-corrected chi connectivity index (χ1v) is 8.58. The molecule has 0 saturated heterocycles. The number of imidazole rings is 2. The summed E-state index contributed by atoms with van der Waals surface area (Å²) in [6, 6.07) is 16.8. The molecule has 0 aliphatic rings. The van der Waals surface area contributed by atoms with Crippen LogP contribution in [0.2, 0.25) is 0 Å². The van der Waals surface area contributed by atoms with E-state index < -0.39 is 0 Å². The van der Waals surface area contributed by atoms with Crippen LogP contribution in [0.5, 0.6) is 0 Å². The minimum Gasteiger partial charge on any atom is -0.337 e. The van der Waals surface area contributed by atoms with E-state index in [-0.39, 0.29) is 0 Å². The summed E-state index contributed by atoms with van der Waals surface area (Å²) in [5, 5.41) is 3.50. The number of benzene rings is 2. The van der Waals surface area contributed by atoms with Gasteiger partial charge in [0.25, 0.3) is 0 Å². The summed E-state index contributed by atoms with van der Waals surface area (Å²) in [7, 11) is 0. The minimum atomic E-state index is 0.884. The molecule has 5 heteroatoms. The van der Waals surface area contributed by atoms with Gasteiger partial charge in [0.15, 0.2) is 0 Å². The summed E-state index contributed by atoms with van der Waals surface area (Å²) >= 11 is 0. The fourth-order valence-corrected chi connectivity index (χ4v) is 2.98. The molecule has 0 aliphatic heterocycles. The van der Waals surface area contributed by atoms with Crippen LogP contribution >= 0.6 is 0 Å². The van der Waals surface area contributed by atoms with Crippen LogP contribution in [0.1, 0.15) is 12.0 Å². The molecule has 0 unspecified atom stereocenters. The van der Waals surface area contributed by atoms with E-state index in [1.54, 1.807) is 0 Å². The maximum atomic E-state index is 4.45. The first-order chi connectivity index (χ1) is 12.4. The molecule has 1 N–H and O–H groups in total. The maximum absolute atomic E-state index is 4.45. The number of rotatable bonds is 7. The van der Waals surface area contributed by atoms with Gasteiger partial charge in [-0.1, -0.05) is 24.3 Å². The van der Waals surface area contributed by atoms with Crippen molar-refractivity contribution in [3.05, 3.63) is 79.1 Å². The first-order valence-electron chi connectivity index (χ1n) is 8.58. The molecular formula is C20H21N5. The molecule has 5 nitrogen and oxygen atoms in total. The van der Waals surface area contributed by atoms with Crippen molar-refractivity contribution in [2.75, 3.05) is 6.54 Å². The molecule has 0 aliphatic carbocycles. The van der Waals surface area contributed by atoms with Crippen molar-refractivity contribution in [2.24, 2.45) is 0 Å². The fourth-order valence-electron chi connectivity index (χ4n) is 2.98. The maximum Gasteiger partial charge on any atom is 0.100 e. The molecular weight excluding hydrogens is 310 g/mol. The Hall–Kier alpha value is -2.92. The lowest BCUT2D eigenvalue weighted by molar-refractivity contribution is 0.581. The average Bonchev–Trinajstić information content (AvgIpc) is 3.32. The quantitative estimate of drug-likeness (QED) is 0.528. The van der Waals surface area contributed by atoms with Gasteiger partial charge in [-0.3, -0.25) is 4.57 Å². The third-order valence-electron chi connectivity index (χ3n) is 4.33. The zero-order valence-electron chi connectivity index (χ0n) is 14.0. The predicted octanol–water partition coefficient (Wildman–Crippen LogP) is 3.40. The Morgan fingerprint density at radius 2 is 1.84 bits per heavy atom. The molecule has 0 atom stereocenters. The molecule has 2 heterocycles. The van der Waals surface area contributed by atoms with Crippen LogP contribution in [-0.4, -0.2) is 25.6 Å². The van der Waals surface area contributed by atoms with Gasteiger partial charge in [-0.2, -0.15) is 0 Å². The number of nitrogens with zero attached hydrogens (tertiary/aromatic N) is 4. The van der Waals surface area contributed by atoms with Crippen molar-refractivity contribution in [1.82, 2.24) is 24.4 Å². The normalized spacial score (nSPS) is 11.2. The van der Waals surface area contributed by atoms with E-state index in [0.717, 1.165) is 42.8 Å². The van der Waals surface area contributed by atoms with Gasteiger partial charge in [0.2, 0.25) is 0 Å². The van der Waals surface area contributed by atoms with Gasteiger partial charge in [0.1, 0.15) is 6.33 Å². The number of aromatic nitrogens is 4. The van der Waals surface area contributed by atoms with Crippen LogP contribution in [0.15, 0.2) is 73.6 Å². The van der Waals surface area contributed by atoms with Gasteiger partial charge in [0, 0.05) is 31.2 Å². The van der Waals surface area contributed by atoms with E-state index in [0.29, 0.717) is 0 Å². The van der Waals surface area contributed by atoms with Gasteiger partial charge in [-0.05, 0) is 42.8 Å². The van der Waals surface area contributed by atoms with Crippen LogP contribution in [0.3, 0.4) is 0 Å². The summed E-state index contributed by atoms with van der Waals surface area (Å²) in [6.07, 6.45) is 8.65. The lowest BCUT2D eigenvalue weighted by Crippen LogP contribution is -2.16. The molecule has 25 heavy (non-hydrogen) atoms. The highest BCUT2D eigenvalue weighted by atomic mass is 15.0. The summed E-state index contributed by atoms with van der Waals surface area (Å²) in [6.45, 7) is 2.88. The molecule has 2 aromatic heterocycles. The fraction of sp³-hybridized carbons (Fsp3) is 0.200. The van der Waals surface area contributed by atoms with Crippen molar-refractivity contribution >= 4 is 11.0 Å². The summed E-state index contributed by atoms with van der Waals surface area (Å²) in [5.41, 5.74) is 4.58. The van der Waals surface area contributed by atoms with E-state index in [1.807, 2.05) is 43.2 Å². The smallest absolute Gasteiger partial charge is 0.100 e. The lowest BCUT2D eigenvalue weighted by Gasteiger charge is -2.08. The van der Waals surface area contributed by atoms with Crippen molar-refractivity contribution in [2.45, 2.75) is 19.5 Å². The highest BCUT2D eigenvalue weighted by molar-refractivity contribution is 5.77. The Morgan fingerprint density at radius 3 is 2.68 bits per heavy atom. The van der Waals surface area contributed by atoms with Crippen molar-refractivity contribution in [3.8, 4) is 5.69 Å². The highest BCUT2D eigenvalue weighted by Crippen LogP contribution is 2.18. The number of aryl methyl sites for hydroxylation is 1. The molecule has 0 radical (unpaired) electrons. The number of fused-ring (bicyclic) bond motifs is 1. The minimum absolute atomic E-state index is 0.884. The van der Waals surface area contributed by atoms with Crippen LogP contribution in [0.4, 0.5) is 0 Å². The predicted molar refractivity (Wildman–Crippen MR) is 99.6 cm³/mol. The SMILES string of the molecule is c1ccc2c(c1)ncn2-c1ccc(CNCCCn2ccnc2)cc1. The van der Waals surface area contributed by atoms with Gasteiger partial charge in [-0.15, -0.1) is 0 Å². The molecule has 0 bridgehead atoms. The molecule has 0 spiro atoms. The third kappa shape index (κ3) is 3.61. The highest BCUT2D eigenvalue weighted by Gasteiger charge is 2.03. The molecule has 0 fully saturated rings. The number of nitrogens with one attached hydrogen (secondary N) is 1. The van der Waals surface area contributed by atoms with E-state index in [2.05, 4.69) is 54.8 Å². The number of hydrogen-bond donors (Lipinski definition) is 1. The van der Waals surface area contributed by atoms with Crippen molar-refractivity contribution < 1.29 is 0 Å². The molecule has 0 saturated carbocycles. The van der Waals surface area contributed by atoms with Gasteiger partial charge in [-0.25, -0.2) is 9.97 Å². The Labute approximate surface area is 147 Å². The first kappa shape index (κ1) is 15.6. The van der Waals surface area contributed by atoms with Crippen LogP contribution in [0, 0.1) is 0 Å². The van der Waals surface area contributed by atoms with E-state index in [1.165, 1.54) is 5.56 Å². The Balaban J connectivity index is 1.32. The standard InChI is InChI=1S/C20H21N5/c1-2-5-20-19(4-1)23-16-25(20)18-8-6-17(7-9-18)14-21-10-3-12-24-13-11-22-15-24/h1-2,4-9,11,13,15-16,21H,3,10,12,14H2. The molecule has 4 aromatic rings.